The predicted molar refractivity (Wildman–Crippen MR) is 117 cm³/mol. The highest BCUT2D eigenvalue weighted by atomic mass is 79.9. The smallest absolute Gasteiger partial charge is 0.359 e. The van der Waals surface area contributed by atoms with Gasteiger partial charge in [0.15, 0.2) is 5.69 Å². The van der Waals surface area contributed by atoms with E-state index in [9.17, 15) is 14.4 Å². The number of halogens is 1. The molecule has 0 aliphatic carbocycles. The van der Waals surface area contributed by atoms with Crippen LogP contribution in [0.1, 0.15) is 38.2 Å². The first-order valence-corrected chi connectivity index (χ1v) is 10.6. The van der Waals surface area contributed by atoms with Gasteiger partial charge in [-0.15, -0.1) is 11.3 Å². The minimum atomic E-state index is -0.641. The number of fused-ring (bicyclic) bond motifs is 1. The van der Waals surface area contributed by atoms with Crippen molar-refractivity contribution >= 4 is 54.9 Å². The number of carbonyl (C=O) groups excluding carboxylic acids is 2. The average molecular weight is 478 g/mol. The molecule has 2 aromatic heterocycles. The van der Waals surface area contributed by atoms with Crippen LogP contribution in [0.2, 0.25) is 0 Å². The van der Waals surface area contributed by atoms with Gasteiger partial charge < -0.3 is 10.1 Å². The highest BCUT2D eigenvalue weighted by Gasteiger charge is 2.26. The molecule has 7 nitrogen and oxygen atoms in total. The van der Waals surface area contributed by atoms with Gasteiger partial charge >= 0.3 is 5.97 Å². The molecule has 0 spiro atoms. The Balaban J connectivity index is 2.26. The first-order valence-electron chi connectivity index (χ1n) is 8.92. The topological polar surface area (TPSA) is 90.3 Å². The lowest BCUT2D eigenvalue weighted by molar-refractivity contribution is -0.123. The lowest BCUT2D eigenvalue weighted by Gasteiger charge is -2.17. The molecule has 29 heavy (non-hydrogen) atoms. The molecule has 9 heteroatoms. The van der Waals surface area contributed by atoms with Crippen LogP contribution in [0.4, 0.5) is 5.00 Å². The predicted octanol–water partition coefficient (Wildman–Crippen LogP) is 4.37. The van der Waals surface area contributed by atoms with Gasteiger partial charge in [-0.3, -0.25) is 9.59 Å². The minimum Gasteiger partial charge on any atom is -0.461 e. The molecule has 0 fully saturated rings. The van der Waals surface area contributed by atoms with E-state index in [1.54, 1.807) is 57.3 Å². The van der Waals surface area contributed by atoms with Crippen molar-refractivity contribution in [2.75, 3.05) is 11.9 Å². The number of benzene rings is 1. The minimum absolute atomic E-state index is 0.0249. The summed E-state index contributed by atoms with van der Waals surface area (Å²) >= 11 is 4.53. The molecule has 0 radical (unpaired) electrons. The third-order valence-corrected chi connectivity index (χ3v) is 5.52. The van der Waals surface area contributed by atoms with Crippen molar-refractivity contribution in [3.63, 3.8) is 0 Å². The van der Waals surface area contributed by atoms with Crippen LogP contribution in [0.5, 0.6) is 0 Å². The first-order chi connectivity index (χ1) is 13.6. The molecule has 0 saturated carbocycles. The fraction of sp³-hybridized carbons (Fsp3) is 0.300. The molecule has 0 bridgehead atoms. The number of ether oxygens (including phenoxy) is 1. The Bertz CT molecular complexity index is 1140. The lowest BCUT2D eigenvalue weighted by atomic mass is 9.96. The van der Waals surface area contributed by atoms with Crippen molar-refractivity contribution in [1.29, 1.82) is 0 Å². The van der Waals surface area contributed by atoms with Crippen LogP contribution >= 0.6 is 27.3 Å². The van der Waals surface area contributed by atoms with E-state index in [1.807, 2.05) is 0 Å². The van der Waals surface area contributed by atoms with Gasteiger partial charge in [-0.05, 0) is 31.2 Å². The van der Waals surface area contributed by atoms with Crippen LogP contribution in [-0.2, 0) is 9.53 Å². The first kappa shape index (κ1) is 21.2. The third-order valence-electron chi connectivity index (χ3n) is 4.10. The summed E-state index contributed by atoms with van der Waals surface area (Å²) in [6.45, 7) is 7.22. The molecule has 1 aromatic carbocycles. The number of thiophene rings is 1. The molecule has 0 unspecified atom stereocenters. The molecule has 1 amide bonds. The quantitative estimate of drug-likeness (QED) is 0.563. The molecular weight excluding hydrogens is 458 g/mol. The zero-order chi connectivity index (χ0) is 21.3. The summed E-state index contributed by atoms with van der Waals surface area (Å²) in [5, 5.41) is 9.68. The molecule has 1 N–H and O–H groups in total. The number of anilines is 1. The van der Waals surface area contributed by atoms with Crippen molar-refractivity contribution in [3.8, 4) is 5.69 Å². The summed E-state index contributed by atoms with van der Waals surface area (Å²) in [5.41, 5.74) is -0.555. The maximum Gasteiger partial charge on any atom is 0.359 e. The highest BCUT2D eigenvalue weighted by Crippen LogP contribution is 2.32. The average Bonchev–Trinajstić information content (AvgIpc) is 3.06. The molecule has 0 atom stereocenters. The Labute approximate surface area is 179 Å². The second-order valence-electron chi connectivity index (χ2n) is 7.32. The number of carbonyl (C=O) groups is 2. The second-order valence-corrected chi connectivity index (χ2v) is 9.12. The Kier molecular flexibility index (Phi) is 5.90. The second kappa shape index (κ2) is 8.08. The summed E-state index contributed by atoms with van der Waals surface area (Å²) in [5.74, 6) is -0.861. The van der Waals surface area contributed by atoms with E-state index in [1.165, 1.54) is 11.3 Å². The van der Waals surface area contributed by atoms with Gasteiger partial charge in [-0.1, -0.05) is 36.7 Å². The van der Waals surface area contributed by atoms with E-state index in [0.29, 0.717) is 16.1 Å². The van der Waals surface area contributed by atoms with Gasteiger partial charge in [0, 0.05) is 20.7 Å². The van der Waals surface area contributed by atoms with Gasteiger partial charge in [-0.25, -0.2) is 4.79 Å². The molecule has 0 saturated heterocycles. The van der Waals surface area contributed by atoms with Crippen molar-refractivity contribution in [3.05, 3.63) is 50.2 Å². The Morgan fingerprint density at radius 3 is 2.48 bits per heavy atom. The normalized spacial score (nSPS) is 11.5. The standard InChI is InChI=1S/C20H20BrN3O4S/c1-5-28-18(26)15-13-10-29-16(22-19(27)20(2,3)4)14(13)17(25)24(23-15)12-8-6-11(21)7-9-12/h6-10H,5H2,1-4H3,(H,22,27). The summed E-state index contributed by atoms with van der Waals surface area (Å²) in [4.78, 5) is 38.2. The van der Waals surface area contributed by atoms with Gasteiger partial charge in [0.25, 0.3) is 5.56 Å². The number of aromatic nitrogens is 2. The van der Waals surface area contributed by atoms with Crippen LogP contribution in [0.15, 0.2) is 38.9 Å². The highest BCUT2D eigenvalue weighted by molar-refractivity contribution is 9.10. The van der Waals surface area contributed by atoms with Crippen LogP contribution < -0.4 is 10.9 Å². The number of amides is 1. The third kappa shape index (κ3) is 4.25. The van der Waals surface area contributed by atoms with Crippen molar-refractivity contribution in [2.45, 2.75) is 27.7 Å². The van der Waals surface area contributed by atoms with E-state index in [2.05, 4.69) is 26.3 Å². The summed E-state index contributed by atoms with van der Waals surface area (Å²) in [7, 11) is 0. The van der Waals surface area contributed by atoms with E-state index < -0.39 is 16.9 Å². The molecular formula is C20H20BrN3O4S. The number of hydrogen-bond acceptors (Lipinski definition) is 6. The van der Waals surface area contributed by atoms with Crippen LogP contribution in [0.3, 0.4) is 0 Å². The van der Waals surface area contributed by atoms with Gasteiger partial charge in [-0.2, -0.15) is 9.78 Å². The van der Waals surface area contributed by atoms with Crippen molar-refractivity contribution in [2.24, 2.45) is 5.41 Å². The summed E-state index contributed by atoms with van der Waals surface area (Å²) in [6.07, 6.45) is 0. The summed E-state index contributed by atoms with van der Waals surface area (Å²) < 4.78 is 7.12. The Morgan fingerprint density at radius 2 is 1.90 bits per heavy atom. The molecule has 3 aromatic rings. The van der Waals surface area contributed by atoms with Gasteiger partial charge in [0.2, 0.25) is 5.91 Å². The monoisotopic (exact) mass is 477 g/mol. The molecule has 0 aliphatic rings. The molecule has 3 rings (SSSR count). The lowest BCUT2D eigenvalue weighted by Crippen LogP contribution is -2.29. The maximum atomic E-state index is 13.3. The molecule has 2 heterocycles. The molecule has 0 aliphatic heterocycles. The van der Waals surface area contributed by atoms with Crippen molar-refractivity contribution < 1.29 is 14.3 Å². The van der Waals surface area contributed by atoms with Crippen LogP contribution in [-0.4, -0.2) is 28.3 Å². The Morgan fingerprint density at radius 1 is 1.24 bits per heavy atom. The number of nitrogens with zero attached hydrogens (tertiary/aromatic N) is 2. The zero-order valence-electron chi connectivity index (χ0n) is 16.4. The van der Waals surface area contributed by atoms with Gasteiger partial charge in [0.05, 0.1) is 17.7 Å². The SMILES string of the molecule is CCOC(=O)c1nn(-c2ccc(Br)cc2)c(=O)c2c(NC(=O)C(C)(C)C)scc12. The fourth-order valence-corrected chi connectivity index (χ4v) is 3.74. The number of hydrogen-bond donors (Lipinski definition) is 1. The number of esters is 1. The van der Waals surface area contributed by atoms with Gasteiger partial charge in [0.1, 0.15) is 5.00 Å². The molecule has 152 valence electrons. The van der Waals surface area contributed by atoms with Crippen LogP contribution in [0, 0.1) is 5.41 Å². The number of rotatable bonds is 4. The zero-order valence-corrected chi connectivity index (χ0v) is 18.8. The van der Waals surface area contributed by atoms with E-state index >= 15 is 0 Å². The van der Waals surface area contributed by atoms with Crippen LogP contribution in [0.25, 0.3) is 16.5 Å². The number of nitrogens with one attached hydrogen (secondary N) is 1. The fourth-order valence-electron chi connectivity index (χ4n) is 2.54. The largest absolute Gasteiger partial charge is 0.461 e. The summed E-state index contributed by atoms with van der Waals surface area (Å²) in [6, 6.07) is 6.96. The Hall–Kier alpha value is -2.52. The van der Waals surface area contributed by atoms with Crippen molar-refractivity contribution in [1.82, 2.24) is 9.78 Å². The van der Waals surface area contributed by atoms with E-state index in [-0.39, 0.29) is 23.6 Å². The van der Waals surface area contributed by atoms with E-state index in [0.717, 1.165) is 9.15 Å². The van der Waals surface area contributed by atoms with E-state index in [4.69, 9.17) is 4.74 Å². The maximum absolute atomic E-state index is 13.3.